The van der Waals surface area contributed by atoms with Gasteiger partial charge in [0, 0.05) is 12.5 Å². The lowest BCUT2D eigenvalue weighted by atomic mass is 10.3. The van der Waals surface area contributed by atoms with Crippen LogP contribution in [-0.4, -0.2) is 34.2 Å². The van der Waals surface area contributed by atoms with Gasteiger partial charge in [-0.2, -0.15) is 13.2 Å². The van der Waals surface area contributed by atoms with Gasteiger partial charge in [0.1, 0.15) is 18.3 Å². The quantitative estimate of drug-likeness (QED) is 0.595. The van der Waals surface area contributed by atoms with Crippen LogP contribution in [0.4, 0.5) is 13.2 Å². The zero-order valence-corrected chi connectivity index (χ0v) is 11.8. The molecule has 0 saturated heterocycles. The third kappa shape index (κ3) is 4.56. The molecule has 0 unspecified atom stereocenters. The second kappa shape index (κ2) is 6.51. The van der Waals surface area contributed by atoms with Crippen LogP contribution in [0.25, 0.3) is 0 Å². The molecule has 0 N–H and O–H groups in total. The van der Waals surface area contributed by atoms with Gasteiger partial charge in [-0.1, -0.05) is 15.9 Å². The minimum absolute atomic E-state index is 0.0212. The van der Waals surface area contributed by atoms with Gasteiger partial charge in [-0.3, -0.25) is 0 Å². The number of hydrogen-bond acceptors (Lipinski definition) is 3. The smallest absolute Gasteiger partial charge is 0.372 e. The fourth-order valence-corrected chi connectivity index (χ4v) is 1.95. The first-order valence-electron chi connectivity index (χ1n) is 5.48. The Hall–Kier alpha value is -0.630. The molecule has 1 rings (SSSR count). The molecular weight excluding hydrogens is 315 g/mol. The summed E-state index contributed by atoms with van der Waals surface area (Å²) in [5.74, 6) is 1.40. The number of hydrogen-bond donors (Lipinski definition) is 0. The Morgan fingerprint density at radius 1 is 1.28 bits per heavy atom. The minimum atomic E-state index is -4.28. The molecule has 0 atom stereocenters. The maximum atomic E-state index is 11.9. The summed E-state index contributed by atoms with van der Waals surface area (Å²) in [6.07, 6.45) is -3.97. The average Bonchev–Trinajstić information content (AvgIpc) is 2.66. The lowest BCUT2D eigenvalue weighted by Gasteiger charge is -2.13. The fourth-order valence-electron chi connectivity index (χ4n) is 1.57. The summed E-state index contributed by atoms with van der Waals surface area (Å²) < 4.78 is 42.1. The van der Waals surface area contributed by atoms with Crippen molar-refractivity contribution in [2.24, 2.45) is 0 Å². The molecule has 0 aliphatic heterocycles. The zero-order valence-electron chi connectivity index (χ0n) is 10.2. The molecule has 1 aromatic heterocycles. The third-order valence-corrected chi connectivity index (χ3v) is 2.71. The Labute approximate surface area is 112 Å². The minimum Gasteiger partial charge on any atom is -0.372 e. The van der Waals surface area contributed by atoms with E-state index in [-0.39, 0.29) is 12.6 Å². The predicted molar refractivity (Wildman–Crippen MR) is 63.6 cm³/mol. The molecule has 0 aromatic carbocycles. The first-order chi connectivity index (χ1) is 8.35. The topological polar surface area (TPSA) is 39.9 Å². The molecule has 4 nitrogen and oxygen atoms in total. The van der Waals surface area contributed by atoms with Crippen molar-refractivity contribution >= 4 is 15.9 Å². The first kappa shape index (κ1) is 15.4. The van der Waals surface area contributed by atoms with Crippen LogP contribution in [0.1, 0.15) is 31.5 Å². The molecule has 18 heavy (non-hydrogen) atoms. The Morgan fingerprint density at radius 3 is 2.39 bits per heavy atom. The van der Waals surface area contributed by atoms with Crippen molar-refractivity contribution in [3.05, 3.63) is 11.6 Å². The zero-order chi connectivity index (χ0) is 13.8. The summed E-state index contributed by atoms with van der Waals surface area (Å²) in [5.41, 5.74) is 0. The van der Waals surface area contributed by atoms with E-state index in [0.29, 0.717) is 17.6 Å². The summed E-state index contributed by atoms with van der Waals surface area (Å²) in [7, 11) is 0. The summed E-state index contributed by atoms with van der Waals surface area (Å²) in [6.45, 7) is 2.69. The second-order valence-corrected chi connectivity index (χ2v) is 4.61. The molecule has 0 fully saturated rings. The Morgan fingerprint density at radius 2 is 1.89 bits per heavy atom. The van der Waals surface area contributed by atoms with Crippen LogP contribution in [0.15, 0.2) is 0 Å². The van der Waals surface area contributed by atoms with Crippen LogP contribution in [0.5, 0.6) is 0 Å². The summed E-state index contributed by atoms with van der Waals surface area (Å²) in [6, 6.07) is 0.158. The highest BCUT2D eigenvalue weighted by atomic mass is 79.9. The summed E-state index contributed by atoms with van der Waals surface area (Å²) in [5, 5.41) is 8.49. The third-order valence-electron chi connectivity index (χ3n) is 2.21. The van der Waals surface area contributed by atoms with E-state index in [1.807, 2.05) is 18.4 Å². The molecule has 0 amide bonds. The molecule has 1 heterocycles. The number of halogens is 4. The van der Waals surface area contributed by atoms with Crippen LogP contribution >= 0.6 is 15.9 Å². The second-order valence-electron chi connectivity index (χ2n) is 4.05. The van der Waals surface area contributed by atoms with Crippen molar-refractivity contribution in [1.82, 2.24) is 14.8 Å². The van der Waals surface area contributed by atoms with Gasteiger partial charge in [0.05, 0.1) is 11.9 Å². The van der Waals surface area contributed by atoms with Crippen LogP contribution in [0, 0.1) is 0 Å². The number of alkyl halides is 4. The van der Waals surface area contributed by atoms with E-state index in [2.05, 4.69) is 30.9 Å². The van der Waals surface area contributed by atoms with Gasteiger partial charge < -0.3 is 9.30 Å². The number of ether oxygens (including phenoxy) is 1. The van der Waals surface area contributed by atoms with E-state index in [1.165, 1.54) is 0 Å². The van der Waals surface area contributed by atoms with Gasteiger partial charge >= 0.3 is 6.18 Å². The maximum absolute atomic E-state index is 11.9. The highest BCUT2D eigenvalue weighted by molar-refractivity contribution is 9.08. The van der Waals surface area contributed by atoms with E-state index in [0.717, 1.165) is 5.82 Å². The van der Waals surface area contributed by atoms with Crippen molar-refractivity contribution in [3.8, 4) is 0 Å². The van der Waals surface area contributed by atoms with Gasteiger partial charge in [-0.15, -0.1) is 10.2 Å². The molecule has 0 aliphatic carbocycles. The standard InChI is InChI=1S/C10H15BrF3N3O/c1-7(2)17-8(15-16-9(17)5-11)3-4-18-6-10(12,13)14/h7H,3-6H2,1-2H3. The fraction of sp³-hybridized carbons (Fsp3) is 0.800. The van der Waals surface area contributed by atoms with Gasteiger partial charge in [0.25, 0.3) is 0 Å². The first-order valence-corrected chi connectivity index (χ1v) is 6.60. The normalized spacial score (nSPS) is 12.4. The van der Waals surface area contributed by atoms with E-state index >= 15 is 0 Å². The van der Waals surface area contributed by atoms with E-state index in [4.69, 9.17) is 0 Å². The Bertz CT molecular complexity index is 379. The largest absolute Gasteiger partial charge is 0.411 e. The van der Waals surface area contributed by atoms with Crippen LogP contribution in [-0.2, 0) is 16.5 Å². The lowest BCUT2D eigenvalue weighted by molar-refractivity contribution is -0.173. The van der Waals surface area contributed by atoms with E-state index < -0.39 is 12.8 Å². The number of nitrogens with zero attached hydrogens (tertiary/aromatic N) is 3. The van der Waals surface area contributed by atoms with Gasteiger partial charge in [0.15, 0.2) is 0 Å². The van der Waals surface area contributed by atoms with Gasteiger partial charge in [-0.05, 0) is 13.8 Å². The van der Waals surface area contributed by atoms with Gasteiger partial charge in [0.2, 0.25) is 0 Å². The monoisotopic (exact) mass is 329 g/mol. The molecular formula is C10H15BrF3N3O. The molecule has 1 aromatic rings. The molecule has 0 bridgehead atoms. The average molecular weight is 330 g/mol. The Kier molecular flexibility index (Phi) is 5.58. The van der Waals surface area contributed by atoms with E-state index in [1.54, 1.807) is 0 Å². The SMILES string of the molecule is CC(C)n1c(CBr)nnc1CCOCC(F)(F)F. The molecule has 0 saturated carbocycles. The Balaban J connectivity index is 2.55. The van der Waals surface area contributed by atoms with Crippen molar-refractivity contribution in [2.45, 2.75) is 37.8 Å². The van der Waals surface area contributed by atoms with Crippen LogP contribution in [0.3, 0.4) is 0 Å². The van der Waals surface area contributed by atoms with Crippen LogP contribution in [0.2, 0.25) is 0 Å². The van der Waals surface area contributed by atoms with Crippen LogP contribution < -0.4 is 0 Å². The van der Waals surface area contributed by atoms with E-state index in [9.17, 15) is 13.2 Å². The molecule has 104 valence electrons. The number of aromatic nitrogens is 3. The maximum Gasteiger partial charge on any atom is 0.411 e. The highest BCUT2D eigenvalue weighted by Crippen LogP contribution is 2.16. The van der Waals surface area contributed by atoms with Crippen molar-refractivity contribution in [3.63, 3.8) is 0 Å². The summed E-state index contributed by atoms with van der Waals surface area (Å²) in [4.78, 5) is 0. The molecule has 8 heteroatoms. The van der Waals surface area contributed by atoms with Crippen molar-refractivity contribution in [1.29, 1.82) is 0 Å². The summed E-state index contributed by atoms with van der Waals surface area (Å²) >= 11 is 3.29. The van der Waals surface area contributed by atoms with Crippen molar-refractivity contribution < 1.29 is 17.9 Å². The number of rotatable bonds is 6. The molecule has 0 spiro atoms. The highest BCUT2D eigenvalue weighted by Gasteiger charge is 2.27. The molecule has 0 radical (unpaired) electrons. The predicted octanol–water partition coefficient (Wildman–Crippen LogP) is 2.88. The lowest BCUT2D eigenvalue weighted by Crippen LogP contribution is -2.19. The molecule has 0 aliphatic rings. The van der Waals surface area contributed by atoms with Gasteiger partial charge in [-0.25, -0.2) is 0 Å². The van der Waals surface area contributed by atoms with Crippen molar-refractivity contribution in [2.75, 3.05) is 13.2 Å².